The molecule has 4 saturated carbocycles. The summed E-state index contributed by atoms with van der Waals surface area (Å²) in [6.07, 6.45) is 6.60. The first-order valence-electron chi connectivity index (χ1n) is 27.0. The highest BCUT2D eigenvalue weighted by atomic mass is 32.2. The number of nitrogens with zero attached hydrogens (tertiary/aromatic N) is 2. The molecule has 0 atom stereocenters. The molecule has 5 aliphatic rings. The van der Waals surface area contributed by atoms with Crippen LogP contribution < -0.4 is 9.80 Å². The van der Waals surface area contributed by atoms with E-state index in [1.807, 2.05) is 0 Å². The molecule has 0 N–H and O–H groups in total. The molecule has 0 aromatic heterocycles. The van der Waals surface area contributed by atoms with Gasteiger partial charge in [-0.3, -0.25) is 0 Å². The van der Waals surface area contributed by atoms with Gasteiger partial charge in [0.25, 0.3) is 0 Å². The van der Waals surface area contributed by atoms with Crippen LogP contribution in [0.5, 0.6) is 0 Å². The van der Waals surface area contributed by atoms with Crippen molar-refractivity contribution in [3.63, 3.8) is 0 Å². The molecule has 0 radical (unpaired) electrons. The maximum atomic E-state index is 2.73. The van der Waals surface area contributed by atoms with Crippen molar-refractivity contribution < 1.29 is 0 Å². The number of benzene rings is 10. The highest BCUT2D eigenvalue weighted by Gasteiger charge is 2.61. The van der Waals surface area contributed by atoms with Gasteiger partial charge in [0, 0.05) is 48.7 Å². The molecule has 360 valence electrons. The van der Waals surface area contributed by atoms with Crippen LogP contribution in [0.1, 0.15) is 95.9 Å². The predicted molar refractivity (Wildman–Crippen MR) is 312 cm³/mol. The molecular weight excluding hydrogens is 901 g/mol. The summed E-state index contributed by atoms with van der Waals surface area (Å²) < 4.78 is 0. The van der Waals surface area contributed by atoms with E-state index in [1.54, 1.807) is 11.1 Å². The second-order valence-electron chi connectivity index (χ2n) is 24.2. The molecule has 0 unspecified atom stereocenters. The SMILES string of the molecule is CC(C)(C)c1ccc(N(c2ccc3ccccc3c2)c2cc3c(c4ccccc24)Sc2c(cc(N(c4ccc(C(C)(C)C)cc4)c4ccc5ccccc5c4)c4ccccc24)C32C3CC4CC(C3)CC2C4)cc1. The van der Waals surface area contributed by atoms with Gasteiger partial charge in [-0.15, -0.1) is 0 Å². The van der Waals surface area contributed by atoms with Crippen molar-refractivity contribution in [1.29, 1.82) is 0 Å². The monoisotopic (exact) mass is 964 g/mol. The Labute approximate surface area is 436 Å². The molecule has 1 heterocycles. The largest absolute Gasteiger partial charge is 0.310 e. The summed E-state index contributed by atoms with van der Waals surface area (Å²) in [4.78, 5) is 8.12. The Hall–Kier alpha value is -6.81. The molecule has 4 bridgehead atoms. The number of rotatable bonds is 6. The van der Waals surface area contributed by atoms with Crippen LogP contribution in [0.15, 0.2) is 204 Å². The molecule has 2 nitrogen and oxygen atoms in total. The van der Waals surface area contributed by atoms with E-state index < -0.39 is 0 Å². The standard InChI is InChI=1S/C70H64N2S/c1-68(2,3)50-25-31-54(32-26-50)71(56-29-23-46-15-7-9-17-48(46)40-56)64-42-62-66(60-21-13-11-19-58(60)64)73-67-61-22-14-12-20-59(61)65(43-63(67)70(62)52-36-44-35-45(38-52)39-53(70)37-44)72(55-33-27-51(28-34-55)69(4,5)6)57-30-24-47-16-8-10-18-49(47)41-57/h7-34,40-45,52-53H,35-39H2,1-6H3. The minimum absolute atomic E-state index is 0.0457. The third-order valence-corrected chi connectivity index (χ3v) is 19.2. The highest BCUT2D eigenvalue weighted by Crippen LogP contribution is 2.71. The van der Waals surface area contributed by atoms with Crippen LogP contribution in [0.25, 0.3) is 43.1 Å². The van der Waals surface area contributed by atoms with Gasteiger partial charge in [0.05, 0.1) is 11.4 Å². The maximum Gasteiger partial charge on any atom is 0.0543 e. The molecule has 15 rings (SSSR count). The lowest BCUT2D eigenvalue weighted by Crippen LogP contribution is -2.57. The van der Waals surface area contributed by atoms with Gasteiger partial charge < -0.3 is 9.80 Å². The van der Waals surface area contributed by atoms with Gasteiger partial charge in [0.2, 0.25) is 0 Å². The maximum absolute atomic E-state index is 2.73. The lowest BCUT2D eigenvalue weighted by Gasteiger charge is -2.63. The van der Waals surface area contributed by atoms with Crippen LogP contribution in [0.4, 0.5) is 34.1 Å². The van der Waals surface area contributed by atoms with E-state index in [2.05, 4.69) is 257 Å². The third-order valence-electron chi connectivity index (χ3n) is 17.9. The zero-order valence-electron chi connectivity index (χ0n) is 43.1. The second kappa shape index (κ2) is 16.6. The Bertz CT molecular complexity index is 3550. The number of fused-ring (bicyclic) bond motifs is 8. The molecule has 73 heavy (non-hydrogen) atoms. The van der Waals surface area contributed by atoms with Crippen molar-refractivity contribution in [3.05, 3.63) is 216 Å². The van der Waals surface area contributed by atoms with E-state index in [1.165, 1.54) is 130 Å². The van der Waals surface area contributed by atoms with Crippen molar-refractivity contribution in [2.75, 3.05) is 9.80 Å². The molecule has 1 aliphatic heterocycles. The van der Waals surface area contributed by atoms with Crippen LogP contribution >= 0.6 is 11.8 Å². The van der Waals surface area contributed by atoms with Crippen LogP contribution in [0.2, 0.25) is 0 Å². The van der Waals surface area contributed by atoms with E-state index in [0.29, 0.717) is 11.8 Å². The quantitative estimate of drug-likeness (QED) is 0.164. The van der Waals surface area contributed by atoms with E-state index >= 15 is 0 Å². The number of anilines is 6. The smallest absolute Gasteiger partial charge is 0.0543 e. The average molecular weight is 965 g/mol. The number of hydrogen-bond acceptors (Lipinski definition) is 3. The normalized spacial score (nSPS) is 19.7. The minimum atomic E-state index is -0.169. The first kappa shape index (κ1) is 44.9. The fraction of sp³-hybridized carbons (Fsp3) is 0.257. The van der Waals surface area contributed by atoms with Gasteiger partial charge >= 0.3 is 0 Å². The van der Waals surface area contributed by atoms with Gasteiger partial charge in [0.1, 0.15) is 0 Å². The summed E-state index contributed by atoms with van der Waals surface area (Å²) in [6, 6.07) is 75.0. The van der Waals surface area contributed by atoms with Crippen LogP contribution in [-0.2, 0) is 16.2 Å². The summed E-state index contributed by atoms with van der Waals surface area (Å²) in [5, 5.41) is 10.3. The first-order valence-corrected chi connectivity index (χ1v) is 27.8. The first-order chi connectivity index (χ1) is 35.4. The van der Waals surface area contributed by atoms with Gasteiger partial charge in [0.15, 0.2) is 0 Å². The summed E-state index contributed by atoms with van der Waals surface area (Å²) in [6.45, 7) is 13.9. The molecule has 4 aliphatic carbocycles. The molecule has 0 saturated heterocycles. The average Bonchev–Trinajstić information content (AvgIpc) is 3.40. The van der Waals surface area contributed by atoms with Gasteiger partial charge in [-0.05, 0) is 182 Å². The van der Waals surface area contributed by atoms with Gasteiger partial charge in [-0.25, -0.2) is 0 Å². The van der Waals surface area contributed by atoms with Crippen molar-refractivity contribution >= 4 is 89.0 Å². The van der Waals surface area contributed by atoms with E-state index in [-0.39, 0.29) is 16.2 Å². The minimum Gasteiger partial charge on any atom is -0.310 e. The molecule has 10 aromatic carbocycles. The fourth-order valence-corrected chi connectivity index (χ4v) is 16.1. The van der Waals surface area contributed by atoms with E-state index in [4.69, 9.17) is 0 Å². The summed E-state index contributed by atoms with van der Waals surface area (Å²) >= 11 is 2.06. The molecule has 10 aromatic rings. The van der Waals surface area contributed by atoms with Gasteiger partial charge in [-0.1, -0.05) is 187 Å². The van der Waals surface area contributed by atoms with Crippen molar-refractivity contribution in [2.45, 2.75) is 99.7 Å². The lowest BCUT2D eigenvalue weighted by atomic mass is 9.42. The molecular formula is C70H64N2S. The van der Waals surface area contributed by atoms with E-state index in [0.717, 1.165) is 11.8 Å². The van der Waals surface area contributed by atoms with Crippen molar-refractivity contribution in [3.8, 4) is 0 Å². The van der Waals surface area contributed by atoms with Crippen LogP contribution in [0, 0.1) is 23.7 Å². The molecule has 0 amide bonds. The Morgan fingerprint density at radius 2 is 0.726 bits per heavy atom. The Morgan fingerprint density at radius 3 is 1.12 bits per heavy atom. The topological polar surface area (TPSA) is 6.48 Å². The van der Waals surface area contributed by atoms with Crippen LogP contribution in [0.3, 0.4) is 0 Å². The highest BCUT2D eigenvalue weighted by molar-refractivity contribution is 8.00. The number of hydrogen-bond donors (Lipinski definition) is 0. The van der Waals surface area contributed by atoms with E-state index in [9.17, 15) is 0 Å². The Kier molecular flexibility index (Phi) is 10.2. The Balaban J connectivity index is 1.06. The zero-order valence-corrected chi connectivity index (χ0v) is 43.9. The van der Waals surface area contributed by atoms with Crippen molar-refractivity contribution in [2.24, 2.45) is 23.7 Å². The predicted octanol–water partition coefficient (Wildman–Crippen LogP) is 20.0. The summed E-state index contributed by atoms with van der Waals surface area (Å²) in [5.74, 6) is 2.71. The molecule has 4 fully saturated rings. The summed E-state index contributed by atoms with van der Waals surface area (Å²) in [7, 11) is 0. The molecule has 3 heteroatoms. The fourth-order valence-electron chi connectivity index (χ4n) is 14.6. The second-order valence-corrected chi connectivity index (χ2v) is 25.3. The summed E-state index contributed by atoms with van der Waals surface area (Å²) in [5.41, 5.74) is 13.0. The van der Waals surface area contributed by atoms with Crippen LogP contribution in [-0.4, -0.2) is 0 Å². The third kappa shape index (κ3) is 7.12. The zero-order chi connectivity index (χ0) is 49.4. The van der Waals surface area contributed by atoms with Gasteiger partial charge in [-0.2, -0.15) is 0 Å². The molecule has 1 spiro atoms. The van der Waals surface area contributed by atoms with Crippen molar-refractivity contribution in [1.82, 2.24) is 0 Å². The lowest BCUT2D eigenvalue weighted by molar-refractivity contribution is -0.0441. The Morgan fingerprint density at radius 1 is 0.370 bits per heavy atom.